The van der Waals surface area contributed by atoms with E-state index >= 15 is 0 Å². The minimum Gasteiger partial charge on any atom is -0.507 e. The van der Waals surface area contributed by atoms with E-state index in [0.29, 0.717) is 5.58 Å². The number of phenolic OH excluding ortho intramolecular Hbond substituents is 1. The zero-order valence-corrected chi connectivity index (χ0v) is 15.4. The molecule has 5 heteroatoms. The molecule has 0 fully saturated rings. The van der Waals surface area contributed by atoms with Gasteiger partial charge in [0.15, 0.2) is 5.43 Å². The number of carbonyl (C=O) groups is 1. The topological polar surface area (TPSA) is 76.7 Å². The molecule has 0 unspecified atom stereocenters. The molecule has 1 aromatic heterocycles. The van der Waals surface area contributed by atoms with E-state index in [4.69, 9.17) is 4.42 Å². The number of fused-ring (bicyclic) bond motifs is 2. The van der Waals surface area contributed by atoms with E-state index in [1.807, 2.05) is 13.8 Å². The maximum absolute atomic E-state index is 12.5. The van der Waals surface area contributed by atoms with Gasteiger partial charge in [-0.3, -0.25) is 4.79 Å². The Balaban J connectivity index is 0.00000109. The molecule has 0 radical (unpaired) electrons. The van der Waals surface area contributed by atoms with Crippen molar-refractivity contribution in [1.82, 2.24) is 0 Å². The van der Waals surface area contributed by atoms with Crippen LogP contribution >= 0.6 is 0 Å². The minimum atomic E-state index is -0.691. The first-order valence-corrected chi connectivity index (χ1v) is 9.00. The van der Waals surface area contributed by atoms with Crippen LogP contribution in [0, 0.1) is 0 Å². The zero-order chi connectivity index (χ0) is 18.6. The Hall–Kier alpha value is -2.30. The molecular formula is C20H26O5. The molecule has 136 valence electrons. The van der Waals surface area contributed by atoms with E-state index in [9.17, 15) is 14.7 Å². The lowest BCUT2D eigenvalue weighted by atomic mass is 9.84. The van der Waals surface area contributed by atoms with Crippen molar-refractivity contribution in [3.63, 3.8) is 0 Å². The van der Waals surface area contributed by atoms with Gasteiger partial charge in [-0.2, -0.15) is 0 Å². The van der Waals surface area contributed by atoms with E-state index in [1.165, 1.54) is 7.11 Å². The average molecular weight is 346 g/mol. The van der Waals surface area contributed by atoms with Crippen molar-refractivity contribution >= 4 is 16.9 Å². The standard InChI is InChI=1S/C18H20O5.C2H6/c1-3-6-12-10-7-4-5-8-11(10)16(20)15-13(19)9-14(18(21)22-2)23-17(12)15;1-2/h9,20H,3-8H2,1-2H3;1-2H3. The number of ether oxygens (including phenoxy) is 1. The Kier molecular flexibility index (Phi) is 6.23. The molecule has 0 bridgehead atoms. The van der Waals surface area contributed by atoms with Gasteiger partial charge in [0.05, 0.1) is 7.11 Å². The fraction of sp³-hybridized carbons (Fsp3) is 0.500. The van der Waals surface area contributed by atoms with Crippen LogP contribution in [0.5, 0.6) is 5.75 Å². The first kappa shape index (κ1) is 19.0. The van der Waals surface area contributed by atoms with Crippen molar-refractivity contribution < 1.29 is 19.1 Å². The van der Waals surface area contributed by atoms with Crippen LogP contribution < -0.4 is 5.43 Å². The van der Waals surface area contributed by atoms with Crippen LogP contribution in [0.25, 0.3) is 11.0 Å². The summed E-state index contributed by atoms with van der Waals surface area (Å²) in [5.74, 6) is -0.805. The van der Waals surface area contributed by atoms with Gasteiger partial charge in [-0.05, 0) is 48.8 Å². The van der Waals surface area contributed by atoms with Gasteiger partial charge in [-0.1, -0.05) is 27.2 Å². The summed E-state index contributed by atoms with van der Waals surface area (Å²) in [6.07, 6.45) is 5.32. The van der Waals surface area contributed by atoms with Crippen LogP contribution in [0.2, 0.25) is 0 Å². The highest BCUT2D eigenvalue weighted by atomic mass is 16.5. The number of aromatic hydroxyl groups is 1. The third-order valence-corrected chi connectivity index (χ3v) is 4.46. The Bertz CT molecular complexity index is 832. The maximum Gasteiger partial charge on any atom is 0.374 e. The third-order valence-electron chi connectivity index (χ3n) is 4.46. The smallest absolute Gasteiger partial charge is 0.374 e. The summed E-state index contributed by atoms with van der Waals surface area (Å²) in [5.41, 5.74) is 2.81. The first-order valence-electron chi connectivity index (χ1n) is 9.00. The fourth-order valence-electron chi connectivity index (χ4n) is 3.43. The normalized spacial score (nSPS) is 13.0. The molecule has 2 aromatic rings. The second-order valence-corrected chi connectivity index (χ2v) is 5.91. The summed E-state index contributed by atoms with van der Waals surface area (Å²) < 4.78 is 10.3. The SMILES string of the molecule is CC.CCCc1c2c(c(O)c3c(=O)cc(C(=O)OC)oc13)CCCC2. The monoisotopic (exact) mass is 346 g/mol. The molecular weight excluding hydrogens is 320 g/mol. The molecule has 0 amide bonds. The van der Waals surface area contributed by atoms with Crippen LogP contribution in [0.1, 0.15) is 67.3 Å². The molecule has 1 aromatic carbocycles. The zero-order valence-electron chi connectivity index (χ0n) is 15.4. The largest absolute Gasteiger partial charge is 0.507 e. The number of benzene rings is 1. The average Bonchev–Trinajstić information content (AvgIpc) is 2.65. The second-order valence-electron chi connectivity index (χ2n) is 5.91. The molecule has 0 saturated carbocycles. The maximum atomic E-state index is 12.5. The molecule has 0 aliphatic heterocycles. The number of methoxy groups -OCH3 is 1. The Morgan fingerprint density at radius 1 is 1.24 bits per heavy atom. The van der Waals surface area contributed by atoms with Crippen LogP contribution in [0.3, 0.4) is 0 Å². The lowest BCUT2D eigenvalue weighted by molar-refractivity contribution is 0.0565. The summed E-state index contributed by atoms with van der Waals surface area (Å²) >= 11 is 0. The summed E-state index contributed by atoms with van der Waals surface area (Å²) in [6, 6.07) is 1.10. The lowest BCUT2D eigenvalue weighted by Crippen LogP contribution is -2.14. The van der Waals surface area contributed by atoms with Gasteiger partial charge < -0.3 is 14.3 Å². The minimum absolute atomic E-state index is 0.0136. The van der Waals surface area contributed by atoms with Gasteiger partial charge in [-0.15, -0.1) is 0 Å². The van der Waals surface area contributed by atoms with E-state index in [1.54, 1.807) is 0 Å². The highest BCUT2D eigenvalue weighted by molar-refractivity contribution is 5.93. The van der Waals surface area contributed by atoms with Crippen LogP contribution in [-0.2, 0) is 24.0 Å². The predicted octanol–water partition coefficient (Wildman–Crippen LogP) is 4.14. The number of esters is 1. The fourth-order valence-corrected chi connectivity index (χ4v) is 3.43. The molecule has 5 nitrogen and oxygen atoms in total. The number of hydrogen-bond acceptors (Lipinski definition) is 5. The lowest BCUT2D eigenvalue weighted by Gasteiger charge is -2.22. The van der Waals surface area contributed by atoms with Crippen molar-refractivity contribution in [2.75, 3.05) is 7.11 Å². The number of hydrogen-bond donors (Lipinski definition) is 1. The molecule has 0 saturated heterocycles. The number of carbonyl (C=O) groups excluding carboxylic acids is 1. The molecule has 1 N–H and O–H groups in total. The highest BCUT2D eigenvalue weighted by Crippen LogP contribution is 2.38. The van der Waals surface area contributed by atoms with E-state index in [2.05, 4.69) is 11.7 Å². The molecule has 0 atom stereocenters. The van der Waals surface area contributed by atoms with E-state index < -0.39 is 11.4 Å². The number of aryl methyl sites for hydroxylation is 1. The molecule has 1 aliphatic rings. The van der Waals surface area contributed by atoms with Crippen molar-refractivity contribution in [2.24, 2.45) is 0 Å². The van der Waals surface area contributed by atoms with Gasteiger partial charge in [-0.25, -0.2) is 4.79 Å². The van der Waals surface area contributed by atoms with E-state index in [-0.39, 0.29) is 16.9 Å². The van der Waals surface area contributed by atoms with Gasteiger partial charge >= 0.3 is 5.97 Å². The van der Waals surface area contributed by atoms with Gasteiger partial charge in [0, 0.05) is 6.07 Å². The summed E-state index contributed by atoms with van der Waals surface area (Å²) in [7, 11) is 1.24. The second kappa shape index (κ2) is 8.19. The van der Waals surface area contributed by atoms with Crippen molar-refractivity contribution in [2.45, 2.75) is 59.3 Å². The number of rotatable bonds is 3. The summed E-state index contributed by atoms with van der Waals surface area (Å²) in [5, 5.41) is 10.8. The van der Waals surface area contributed by atoms with Crippen molar-refractivity contribution in [3.05, 3.63) is 38.7 Å². The van der Waals surface area contributed by atoms with Gasteiger partial charge in [0.2, 0.25) is 5.76 Å². The van der Waals surface area contributed by atoms with E-state index in [0.717, 1.165) is 61.3 Å². The summed E-state index contributed by atoms with van der Waals surface area (Å²) in [6.45, 7) is 6.05. The third kappa shape index (κ3) is 3.41. The van der Waals surface area contributed by atoms with Crippen LogP contribution in [0.4, 0.5) is 0 Å². The Labute approximate surface area is 147 Å². The Morgan fingerprint density at radius 3 is 2.48 bits per heavy atom. The molecule has 1 heterocycles. The van der Waals surface area contributed by atoms with Gasteiger partial charge in [0.1, 0.15) is 16.7 Å². The molecule has 25 heavy (non-hydrogen) atoms. The molecule has 3 rings (SSSR count). The highest BCUT2D eigenvalue weighted by Gasteiger charge is 2.25. The van der Waals surface area contributed by atoms with Crippen LogP contribution in [-0.4, -0.2) is 18.2 Å². The molecule has 0 spiro atoms. The van der Waals surface area contributed by atoms with Gasteiger partial charge in [0.25, 0.3) is 0 Å². The number of phenols is 1. The first-order chi connectivity index (χ1) is 12.1. The van der Waals surface area contributed by atoms with Crippen molar-refractivity contribution in [1.29, 1.82) is 0 Å². The quantitative estimate of drug-likeness (QED) is 0.845. The Morgan fingerprint density at radius 2 is 1.88 bits per heavy atom. The van der Waals surface area contributed by atoms with Crippen LogP contribution in [0.15, 0.2) is 15.3 Å². The summed E-state index contributed by atoms with van der Waals surface area (Å²) in [4.78, 5) is 24.2. The van der Waals surface area contributed by atoms with Crippen molar-refractivity contribution in [3.8, 4) is 5.75 Å². The predicted molar refractivity (Wildman–Crippen MR) is 97.5 cm³/mol. The molecule has 1 aliphatic carbocycles.